The summed E-state index contributed by atoms with van der Waals surface area (Å²) < 4.78 is 5.81. The Balaban J connectivity index is 1.06. The van der Waals surface area contributed by atoms with E-state index in [-0.39, 0.29) is 17.4 Å². The smallest absolute Gasteiger partial charge is 0.272 e. The molecule has 0 saturated heterocycles. The van der Waals surface area contributed by atoms with Crippen LogP contribution in [0.4, 0.5) is 11.4 Å². The van der Waals surface area contributed by atoms with Gasteiger partial charge in [-0.05, 0) is 91.0 Å². The van der Waals surface area contributed by atoms with Crippen molar-refractivity contribution in [3.63, 3.8) is 0 Å². The van der Waals surface area contributed by atoms with Gasteiger partial charge in [0, 0.05) is 43.0 Å². The monoisotopic (exact) mass is 692 g/mol. The topological polar surface area (TPSA) is 113 Å². The van der Waals surface area contributed by atoms with Crippen LogP contribution in [-0.4, -0.2) is 28.5 Å². The number of nitrogens with one attached hydrogen (secondary N) is 3. The van der Waals surface area contributed by atoms with Gasteiger partial charge in [-0.2, -0.15) is 0 Å². The predicted octanol–water partition coefficient (Wildman–Crippen LogP) is 8.94. The number of thioether (sulfide) groups is 1. The molecule has 0 unspecified atom stereocenters. The van der Waals surface area contributed by atoms with Gasteiger partial charge in [-0.1, -0.05) is 59.6 Å². The fourth-order valence-corrected chi connectivity index (χ4v) is 5.81. The minimum absolute atomic E-state index is 0.0455. The average Bonchev–Trinajstić information content (AvgIpc) is 3.54. The molecule has 0 spiro atoms. The number of anilines is 2. The minimum Gasteiger partial charge on any atom is -0.436 e. The Morgan fingerprint density at radius 2 is 1.38 bits per heavy atom. The molecule has 6 aromatic rings. The van der Waals surface area contributed by atoms with Gasteiger partial charge in [-0.3, -0.25) is 14.4 Å². The molecule has 0 aliphatic rings. The first kappa shape index (κ1) is 32.6. The summed E-state index contributed by atoms with van der Waals surface area (Å²) in [7, 11) is 0. The standard InChI is InChI=1S/C37H26Cl2N4O4S/c38-29-9-6-10-30(39)28(29)21-32(42-35(45)23-7-2-1-3-8-23)36(46)41-26-17-19-27(20-18-26)48-22-34(44)40-25-15-13-24(14-16-25)37-43-31-11-4-5-12-33(31)47-37/h1-21H,22H2,(H,40,44)(H,41,46)(H,42,45)/b32-21-. The van der Waals surface area contributed by atoms with Gasteiger partial charge >= 0.3 is 0 Å². The summed E-state index contributed by atoms with van der Waals surface area (Å²) in [5, 5.41) is 9.01. The molecule has 0 aliphatic heterocycles. The Morgan fingerprint density at radius 1 is 0.729 bits per heavy atom. The van der Waals surface area contributed by atoms with E-state index in [0.717, 1.165) is 16.0 Å². The molecule has 1 heterocycles. The maximum atomic E-state index is 13.4. The molecule has 0 radical (unpaired) electrons. The molecule has 11 heteroatoms. The number of rotatable bonds is 10. The second-order valence-electron chi connectivity index (χ2n) is 10.4. The highest BCUT2D eigenvalue weighted by Crippen LogP contribution is 2.28. The summed E-state index contributed by atoms with van der Waals surface area (Å²) in [5.41, 5.74) is 4.16. The number of fused-ring (bicyclic) bond motifs is 1. The molecule has 6 rings (SSSR count). The second-order valence-corrected chi connectivity index (χ2v) is 12.3. The number of oxazole rings is 1. The molecule has 0 aliphatic carbocycles. The molecular formula is C37H26Cl2N4O4S. The van der Waals surface area contributed by atoms with Crippen LogP contribution in [0.25, 0.3) is 28.6 Å². The van der Waals surface area contributed by atoms with Crippen molar-refractivity contribution < 1.29 is 18.8 Å². The Morgan fingerprint density at radius 3 is 2.08 bits per heavy atom. The fraction of sp³-hybridized carbons (Fsp3) is 0.0270. The normalized spacial score (nSPS) is 11.2. The van der Waals surface area contributed by atoms with Crippen LogP contribution in [0.3, 0.4) is 0 Å². The first-order valence-corrected chi connectivity index (χ1v) is 16.4. The minimum atomic E-state index is -0.572. The zero-order chi connectivity index (χ0) is 33.5. The van der Waals surface area contributed by atoms with E-state index < -0.39 is 11.8 Å². The van der Waals surface area contributed by atoms with E-state index in [9.17, 15) is 14.4 Å². The summed E-state index contributed by atoms with van der Waals surface area (Å²) in [6.45, 7) is 0. The van der Waals surface area contributed by atoms with Crippen LogP contribution in [0, 0.1) is 0 Å². The highest BCUT2D eigenvalue weighted by molar-refractivity contribution is 8.00. The second kappa shape index (κ2) is 15.0. The summed E-state index contributed by atoms with van der Waals surface area (Å²) in [4.78, 5) is 44.3. The number of nitrogens with zero attached hydrogens (tertiary/aromatic N) is 1. The molecular weight excluding hydrogens is 667 g/mol. The van der Waals surface area contributed by atoms with Crippen molar-refractivity contribution in [3.8, 4) is 11.5 Å². The Kier molecular flexibility index (Phi) is 10.2. The molecule has 238 valence electrons. The van der Waals surface area contributed by atoms with E-state index >= 15 is 0 Å². The molecule has 5 aromatic carbocycles. The number of carbonyl (C=O) groups excluding carboxylic acids is 3. The number of benzene rings is 5. The molecule has 3 N–H and O–H groups in total. The van der Waals surface area contributed by atoms with Crippen LogP contribution in [0.2, 0.25) is 10.0 Å². The quantitative estimate of drug-likeness (QED) is 0.0976. The maximum Gasteiger partial charge on any atom is 0.272 e. The lowest BCUT2D eigenvalue weighted by molar-refractivity contribution is -0.114. The predicted molar refractivity (Wildman–Crippen MR) is 192 cm³/mol. The SMILES string of the molecule is O=C(CSc1ccc(NC(=O)/C(=C/c2c(Cl)cccc2Cl)NC(=O)c2ccccc2)cc1)Nc1ccc(-c2nc3ccccc3o2)cc1. The third-order valence-corrected chi connectivity index (χ3v) is 8.68. The van der Waals surface area contributed by atoms with Crippen molar-refractivity contribution >= 4 is 81.2 Å². The third-order valence-electron chi connectivity index (χ3n) is 7.01. The number of amides is 3. The van der Waals surface area contributed by atoms with E-state index in [1.54, 1.807) is 84.9 Å². The van der Waals surface area contributed by atoms with Crippen LogP contribution in [0.15, 0.2) is 136 Å². The van der Waals surface area contributed by atoms with E-state index in [1.807, 2.05) is 36.4 Å². The van der Waals surface area contributed by atoms with Crippen LogP contribution in [0.1, 0.15) is 15.9 Å². The van der Waals surface area contributed by atoms with Crippen molar-refractivity contribution in [3.05, 3.63) is 148 Å². The van der Waals surface area contributed by atoms with Crippen molar-refractivity contribution in [2.45, 2.75) is 4.90 Å². The number of aromatic nitrogens is 1. The van der Waals surface area contributed by atoms with E-state index in [4.69, 9.17) is 27.6 Å². The molecule has 0 fully saturated rings. The average molecular weight is 694 g/mol. The zero-order valence-electron chi connectivity index (χ0n) is 25.1. The first-order chi connectivity index (χ1) is 23.3. The number of para-hydroxylation sites is 2. The van der Waals surface area contributed by atoms with Gasteiger partial charge < -0.3 is 20.4 Å². The van der Waals surface area contributed by atoms with Crippen LogP contribution in [0.5, 0.6) is 0 Å². The summed E-state index contributed by atoms with van der Waals surface area (Å²) in [6, 6.07) is 35.3. The highest BCUT2D eigenvalue weighted by atomic mass is 35.5. The Hall–Kier alpha value is -5.35. The molecule has 0 bridgehead atoms. The number of hydrogen-bond acceptors (Lipinski definition) is 6. The first-order valence-electron chi connectivity index (χ1n) is 14.6. The van der Waals surface area contributed by atoms with Crippen molar-refractivity contribution in [1.29, 1.82) is 0 Å². The fourth-order valence-electron chi connectivity index (χ4n) is 4.61. The molecule has 8 nitrogen and oxygen atoms in total. The van der Waals surface area contributed by atoms with E-state index in [2.05, 4.69) is 20.9 Å². The van der Waals surface area contributed by atoms with Gasteiger partial charge in [-0.25, -0.2) is 4.98 Å². The lowest BCUT2D eigenvalue weighted by Crippen LogP contribution is -2.30. The van der Waals surface area contributed by atoms with E-state index in [0.29, 0.717) is 44.0 Å². The van der Waals surface area contributed by atoms with Crippen molar-refractivity contribution in [2.75, 3.05) is 16.4 Å². The number of halogens is 2. The van der Waals surface area contributed by atoms with Crippen LogP contribution < -0.4 is 16.0 Å². The van der Waals surface area contributed by atoms with Gasteiger partial charge in [0.05, 0.1) is 5.75 Å². The molecule has 48 heavy (non-hydrogen) atoms. The molecule has 0 saturated carbocycles. The van der Waals surface area contributed by atoms with Crippen molar-refractivity contribution in [1.82, 2.24) is 10.3 Å². The van der Waals surface area contributed by atoms with Gasteiger partial charge in [0.15, 0.2) is 5.58 Å². The summed E-state index contributed by atoms with van der Waals surface area (Å²) >= 11 is 14.0. The van der Waals surface area contributed by atoms with Gasteiger partial charge in [0.2, 0.25) is 11.8 Å². The van der Waals surface area contributed by atoms with Crippen LogP contribution >= 0.6 is 35.0 Å². The lowest BCUT2D eigenvalue weighted by Gasteiger charge is -2.13. The van der Waals surface area contributed by atoms with Crippen molar-refractivity contribution in [2.24, 2.45) is 0 Å². The lowest BCUT2D eigenvalue weighted by atomic mass is 10.1. The van der Waals surface area contributed by atoms with E-state index in [1.165, 1.54) is 17.8 Å². The molecule has 1 aromatic heterocycles. The Labute approximate surface area is 290 Å². The largest absolute Gasteiger partial charge is 0.436 e. The van der Waals surface area contributed by atoms with Gasteiger partial charge in [0.25, 0.3) is 11.8 Å². The molecule has 3 amide bonds. The Bertz CT molecular complexity index is 2080. The number of carbonyl (C=O) groups is 3. The zero-order valence-corrected chi connectivity index (χ0v) is 27.4. The number of hydrogen-bond donors (Lipinski definition) is 3. The summed E-state index contributed by atoms with van der Waals surface area (Å²) in [5.74, 6) is -0.524. The van der Waals surface area contributed by atoms with Crippen LogP contribution in [-0.2, 0) is 9.59 Å². The van der Waals surface area contributed by atoms with Gasteiger partial charge in [-0.15, -0.1) is 11.8 Å². The summed E-state index contributed by atoms with van der Waals surface area (Å²) in [6.07, 6.45) is 1.44. The maximum absolute atomic E-state index is 13.4. The third kappa shape index (κ3) is 8.13. The van der Waals surface area contributed by atoms with Gasteiger partial charge in [0.1, 0.15) is 11.2 Å². The molecule has 0 atom stereocenters. The highest BCUT2D eigenvalue weighted by Gasteiger charge is 2.17.